The van der Waals surface area contributed by atoms with Crippen LogP contribution < -0.4 is 0 Å². The van der Waals surface area contributed by atoms with E-state index in [4.69, 9.17) is 0 Å². The van der Waals surface area contributed by atoms with E-state index in [0.29, 0.717) is 9.79 Å². The third-order valence-electron chi connectivity index (χ3n) is 5.06. The zero-order valence-electron chi connectivity index (χ0n) is 20.6. The van der Waals surface area contributed by atoms with Crippen molar-refractivity contribution in [3.8, 4) is 23.7 Å². The van der Waals surface area contributed by atoms with E-state index < -0.39 is 23.5 Å². The third kappa shape index (κ3) is 7.24. The van der Waals surface area contributed by atoms with Gasteiger partial charge >= 0.3 is 12.4 Å². The second-order valence-electron chi connectivity index (χ2n) is 8.58. The molecule has 2 aromatic rings. The highest BCUT2D eigenvalue weighted by atomic mass is 32.2. The second kappa shape index (κ2) is 11.5. The summed E-state index contributed by atoms with van der Waals surface area (Å²) < 4.78 is 82.1. The Balaban J connectivity index is 2.84. The molecular formula is C28H28F6S. The van der Waals surface area contributed by atoms with Gasteiger partial charge in [-0.25, -0.2) is 0 Å². The van der Waals surface area contributed by atoms with Crippen molar-refractivity contribution in [1.29, 1.82) is 0 Å². The van der Waals surface area contributed by atoms with Gasteiger partial charge in [0.1, 0.15) is 0 Å². The molecular weight excluding hydrogens is 482 g/mol. The van der Waals surface area contributed by atoms with Gasteiger partial charge in [0, 0.05) is 32.8 Å². The zero-order chi connectivity index (χ0) is 26.6. The van der Waals surface area contributed by atoms with Crippen molar-refractivity contribution in [1.82, 2.24) is 0 Å². The van der Waals surface area contributed by atoms with E-state index in [9.17, 15) is 26.3 Å². The van der Waals surface area contributed by atoms with Crippen LogP contribution >= 0.6 is 11.8 Å². The minimum absolute atomic E-state index is 0.0719. The lowest BCUT2D eigenvalue weighted by molar-refractivity contribution is -0.139. The van der Waals surface area contributed by atoms with Crippen molar-refractivity contribution >= 4 is 11.8 Å². The number of alkyl halides is 6. The van der Waals surface area contributed by atoms with Crippen LogP contribution in [0.3, 0.4) is 0 Å². The highest BCUT2D eigenvalue weighted by molar-refractivity contribution is 7.99. The summed E-state index contributed by atoms with van der Waals surface area (Å²) in [6.07, 6.45) is -8.86. The Morgan fingerprint density at radius 3 is 1.26 bits per heavy atom. The molecule has 2 aromatic carbocycles. The van der Waals surface area contributed by atoms with Gasteiger partial charge in [-0.15, -0.1) is 0 Å². The topological polar surface area (TPSA) is 0 Å². The Labute approximate surface area is 207 Å². The Kier molecular flexibility index (Phi) is 9.42. The molecule has 188 valence electrons. The summed E-state index contributed by atoms with van der Waals surface area (Å²) in [6.45, 7) is 10.6. The first kappa shape index (κ1) is 28.7. The lowest BCUT2D eigenvalue weighted by atomic mass is 9.97. The summed E-state index contributed by atoms with van der Waals surface area (Å²) in [5.41, 5.74) is -0.845. The SMILES string of the molecule is CCc1c(C(F)(F)F)ccc(Sc2ccc(C(F)(F)F)c(CC)c2C#CC(C)C)c1C#CC(C)C. The van der Waals surface area contributed by atoms with Crippen LogP contribution in [0.25, 0.3) is 0 Å². The maximum absolute atomic E-state index is 13.7. The van der Waals surface area contributed by atoms with Crippen molar-refractivity contribution in [2.24, 2.45) is 11.8 Å². The van der Waals surface area contributed by atoms with E-state index in [2.05, 4.69) is 23.7 Å². The van der Waals surface area contributed by atoms with E-state index in [-0.39, 0.29) is 46.9 Å². The predicted octanol–water partition coefficient (Wildman–Crippen LogP) is 9.02. The van der Waals surface area contributed by atoms with Crippen molar-refractivity contribution in [3.63, 3.8) is 0 Å². The van der Waals surface area contributed by atoms with Gasteiger partial charge in [0.15, 0.2) is 0 Å². The van der Waals surface area contributed by atoms with Crippen LogP contribution in [-0.2, 0) is 25.2 Å². The first-order valence-electron chi connectivity index (χ1n) is 11.4. The van der Waals surface area contributed by atoms with Crippen LogP contribution in [0.15, 0.2) is 34.1 Å². The summed E-state index contributed by atoms with van der Waals surface area (Å²) in [6, 6.07) is 4.73. The van der Waals surface area contributed by atoms with E-state index in [1.54, 1.807) is 13.8 Å². The molecule has 0 nitrogen and oxygen atoms in total. The Hall–Kier alpha value is -2.51. The molecule has 35 heavy (non-hydrogen) atoms. The molecule has 0 aliphatic heterocycles. The highest BCUT2D eigenvalue weighted by Gasteiger charge is 2.36. The summed E-state index contributed by atoms with van der Waals surface area (Å²) in [5.74, 6) is 11.6. The maximum Gasteiger partial charge on any atom is 0.416 e. The van der Waals surface area contributed by atoms with Crippen LogP contribution in [0.2, 0.25) is 0 Å². The van der Waals surface area contributed by atoms with E-state index in [1.807, 2.05) is 27.7 Å². The monoisotopic (exact) mass is 510 g/mol. The average molecular weight is 511 g/mol. The molecule has 0 aliphatic carbocycles. The molecule has 0 fully saturated rings. The molecule has 0 spiro atoms. The smallest absolute Gasteiger partial charge is 0.166 e. The average Bonchev–Trinajstić information content (AvgIpc) is 2.74. The normalized spacial score (nSPS) is 11.8. The molecule has 0 saturated heterocycles. The largest absolute Gasteiger partial charge is 0.416 e. The minimum atomic E-state index is -4.54. The standard InChI is InChI=1S/C28H28F6S/c1-7-19-21(11-9-17(3)4)25(15-13-23(19)27(29,30)31)35-26-16-14-24(28(32,33)34)20(8-2)22(26)12-10-18(5)6/h13-18H,7-8H2,1-6H3. The predicted molar refractivity (Wildman–Crippen MR) is 129 cm³/mol. The number of hydrogen-bond donors (Lipinski definition) is 0. The quantitative estimate of drug-likeness (QED) is 0.292. The Morgan fingerprint density at radius 2 is 1.00 bits per heavy atom. The lowest BCUT2D eigenvalue weighted by Gasteiger charge is -2.19. The van der Waals surface area contributed by atoms with Crippen molar-refractivity contribution in [2.45, 2.75) is 76.5 Å². The van der Waals surface area contributed by atoms with Crippen LogP contribution in [0.1, 0.15) is 74.9 Å². The van der Waals surface area contributed by atoms with Gasteiger partial charge in [0.2, 0.25) is 0 Å². The van der Waals surface area contributed by atoms with Crippen LogP contribution in [0.4, 0.5) is 26.3 Å². The van der Waals surface area contributed by atoms with Crippen LogP contribution in [0.5, 0.6) is 0 Å². The fourth-order valence-corrected chi connectivity index (χ4v) is 4.58. The number of rotatable bonds is 4. The van der Waals surface area contributed by atoms with E-state index in [0.717, 1.165) is 23.9 Å². The molecule has 0 unspecified atom stereocenters. The summed E-state index contributed by atoms with van der Waals surface area (Å²) >= 11 is 1.10. The number of benzene rings is 2. The second-order valence-corrected chi connectivity index (χ2v) is 9.67. The van der Waals surface area contributed by atoms with Crippen molar-refractivity contribution in [3.05, 3.63) is 57.6 Å². The van der Waals surface area contributed by atoms with Gasteiger partial charge in [0.05, 0.1) is 11.1 Å². The molecule has 2 rings (SSSR count). The molecule has 0 bridgehead atoms. The van der Waals surface area contributed by atoms with Gasteiger partial charge in [-0.3, -0.25) is 0 Å². The van der Waals surface area contributed by atoms with Crippen molar-refractivity contribution in [2.75, 3.05) is 0 Å². The fraction of sp³-hybridized carbons (Fsp3) is 0.429. The van der Waals surface area contributed by atoms with Gasteiger partial charge in [-0.05, 0) is 48.2 Å². The lowest BCUT2D eigenvalue weighted by Crippen LogP contribution is -2.12. The Bertz CT molecular complexity index is 1090. The number of halogens is 6. The summed E-state index contributed by atoms with van der Waals surface area (Å²) in [4.78, 5) is 0.912. The van der Waals surface area contributed by atoms with Gasteiger partial charge in [-0.2, -0.15) is 26.3 Å². The first-order valence-corrected chi connectivity index (χ1v) is 12.2. The van der Waals surface area contributed by atoms with Crippen molar-refractivity contribution < 1.29 is 26.3 Å². The molecule has 7 heteroatoms. The molecule has 0 heterocycles. The van der Waals surface area contributed by atoms with Crippen LogP contribution in [0, 0.1) is 35.5 Å². The molecule has 0 aliphatic rings. The third-order valence-corrected chi connectivity index (χ3v) is 6.18. The highest BCUT2D eigenvalue weighted by Crippen LogP contribution is 2.42. The first-order chi connectivity index (χ1) is 16.2. The number of hydrogen-bond acceptors (Lipinski definition) is 1. The minimum Gasteiger partial charge on any atom is -0.166 e. The van der Waals surface area contributed by atoms with Crippen LogP contribution in [-0.4, -0.2) is 0 Å². The maximum atomic E-state index is 13.7. The molecule has 0 saturated carbocycles. The summed E-state index contributed by atoms with van der Waals surface area (Å²) in [5, 5.41) is 0. The van der Waals surface area contributed by atoms with Gasteiger partial charge < -0.3 is 0 Å². The van der Waals surface area contributed by atoms with E-state index in [1.165, 1.54) is 12.1 Å². The zero-order valence-corrected chi connectivity index (χ0v) is 21.4. The molecule has 0 radical (unpaired) electrons. The van der Waals surface area contributed by atoms with Gasteiger partial charge in [-0.1, -0.05) is 77.0 Å². The molecule has 0 amide bonds. The van der Waals surface area contributed by atoms with E-state index >= 15 is 0 Å². The molecule has 0 aromatic heterocycles. The Morgan fingerprint density at radius 1 is 0.657 bits per heavy atom. The van der Waals surface area contributed by atoms with Gasteiger partial charge in [0.25, 0.3) is 0 Å². The summed E-state index contributed by atoms with van der Waals surface area (Å²) in [7, 11) is 0. The molecule has 0 atom stereocenters. The molecule has 0 N–H and O–H groups in total. The fourth-order valence-electron chi connectivity index (χ4n) is 3.51.